The Morgan fingerprint density at radius 1 is 1.10 bits per heavy atom. The van der Waals surface area contributed by atoms with Crippen molar-refractivity contribution in [1.82, 2.24) is 24.5 Å². The van der Waals surface area contributed by atoms with Gasteiger partial charge in [-0.25, -0.2) is 4.98 Å². The molecule has 0 aliphatic rings. The van der Waals surface area contributed by atoms with Crippen molar-refractivity contribution >= 4 is 5.95 Å². The van der Waals surface area contributed by atoms with Crippen LogP contribution in [0.25, 0.3) is 17.3 Å². The second-order valence-corrected chi connectivity index (χ2v) is 4.82. The highest BCUT2D eigenvalue weighted by molar-refractivity contribution is 5.62. The highest BCUT2D eigenvalue weighted by Crippen LogP contribution is 2.22. The molecule has 0 amide bonds. The lowest BCUT2D eigenvalue weighted by Gasteiger charge is -2.09. The van der Waals surface area contributed by atoms with Crippen LogP contribution in [0.1, 0.15) is 11.1 Å². The Morgan fingerprint density at radius 3 is 2.67 bits per heavy atom. The maximum atomic E-state index is 4.56. The van der Waals surface area contributed by atoms with Crippen LogP contribution in [0, 0.1) is 13.8 Å². The van der Waals surface area contributed by atoms with Gasteiger partial charge in [-0.3, -0.25) is 4.57 Å². The van der Waals surface area contributed by atoms with Gasteiger partial charge >= 0.3 is 0 Å². The van der Waals surface area contributed by atoms with E-state index in [0.29, 0.717) is 17.7 Å². The smallest absolute Gasteiger partial charge is 0.240 e. The molecular formula is C15H16N6. The Hall–Kier alpha value is -2.76. The number of hydrogen-bond donors (Lipinski definition) is 1. The minimum atomic E-state index is 0.532. The van der Waals surface area contributed by atoms with Gasteiger partial charge in [-0.05, 0) is 25.5 Å². The van der Waals surface area contributed by atoms with Gasteiger partial charge in [0.25, 0.3) is 0 Å². The van der Waals surface area contributed by atoms with Gasteiger partial charge in [0.2, 0.25) is 11.9 Å². The highest BCUT2D eigenvalue weighted by atomic mass is 15.2. The standard InChI is InChI=1S/C15H16N6/c1-10-4-5-11(2)12(8-10)13-18-14(16-3)20-15(19-13)21-7-6-17-9-21/h4-9H,1-3H3,(H,16,18,19,20). The van der Waals surface area contributed by atoms with Gasteiger partial charge in [-0.2, -0.15) is 15.0 Å². The summed E-state index contributed by atoms with van der Waals surface area (Å²) in [5.41, 5.74) is 3.31. The summed E-state index contributed by atoms with van der Waals surface area (Å²) < 4.78 is 1.76. The summed E-state index contributed by atoms with van der Waals surface area (Å²) in [5, 5.41) is 2.98. The monoisotopic (exact) mass is 280 g/mol. The van der Waals surface area contributed by atoms with E-state index in [1.165, 1.54) is 5.56 Å². The molecule has 0 radical (unpaired) electrons. The van der Waals surface area contributed by atoms with Crippen molar-refractivity contribution in [2.45, 2.75) is 13.8 Å². The Kier molecular flexibility index (Phi) is 3.35. The molecule has 3 aromatic rings. The van der Waals surface area contributed by atoms with Gasteiger partial charge in [0, 0.05) is 25.0 Å². The summed E-state index contributed by atoms with van der Waals surface area (Å²) in [7, 11) is 1.79. The number of hydrogen-bond acceptors (Lipinski definition) is 5. The van der Waals surface area contributed by atoms with Crippen LogP contribution in [0.3, 0.4) is 0 Å². The third-order valence-electron chi connectivity index (χ3n) is 3.22. The SMILES string of the molecule is CNc1nc(-c2cc(C)ccc2C)nc(-n2ccnc2)n1. The summed E-state index contributed by atoms with van der Waals surface area (Å²) in [6, 6.07) is 6.24. The van der Waals surface area contributed by atoms with Crippen LogP contribution in [-0.2, 0) is 0 Å². The molecule has 3 rings (SSSR count). The maximum Gasteiger partial charge on any atom is 0.240 e. The molecule has 0 atom stereocenters. The first kappa shape index (κ1) is 13.2. The number of nitrogens with one attached hydrogen (secondary N) is 1. The third-order valence-corrected chi connectivity index (χ3v) is 3.22. The lowest BCUT2D eigenvalue weighted by atomic mass is 10.1. The van der Waals surface area contributed by atoms with Crippen LogP contribution < -0.4 is 5.32 Å². The first-order valence-electron chi connectivity index (χ1n) is 6.67. The van der Waals surface area contributed by atoms with Gasteiger partial charge in [0.15, 0.2) is 5.82 Å². The fourth-order valence-electron chi connectivity index (χ4n) is 2.07. The van der Waals surface area contributed by atoms with Gasteiger partial charge < -0.3 is 5.32 Å². The summed E-state index contributed by atoms with van der Waals surface area (Å²) in [4.78, 5) is 17.4. The molecule has 1 aromatic carbocycles. The Labute approximate surface area is 122 Å². The number of nitrogens with zero attached hydrogens (tertiary/aromatic N) is 5. The molecule has 106 valence electrons. The number of rotatable bonds is 3. The Balaban J connectivity index is 2.18. The molecule has 6 heteroatoms. The molecule has 0 bridgehead atoms. The fourth-order valence-corrected chi connectivity index (χ4v) is 2.07. The number of anilines is 1. The minimum absolute atomic E-state index is 0.532. The molecule has 1 N–H and O–H groups in total. The summed E-state index contributed by atoms with van der Waals surface area (Å²) >= 11 is 0. The molecular weight excluding hydrogens is 264 g/mol. The van der Waals surface area contributed by atoms with Crippen molar-refractivity contribution in [3.63, 3.8) is 0 Å². The summed E-state index contributed by atoms with van der Waals surface area (Å²) in [6.45, 7) is 4.11. The van der Waals surface area contributed by atoms with Crippen molar-refractivity contribution in [3.8, 4) is 17.3 Å². The molecule has 0 saturated heterocycles. The minimum Gasteiger partial charge on any atom is -0.357 e. The van der Waals surface area contributed by atoms with Gasteiger partial charge in [-0.15, -0.1) is 0 Å². The third kappa shape index (κ3) is 2.60. The van der Waals surface area contributed by atoms with Gasteiger partial charge in [0.05, 0.1) is 0 Å². The number of aryl methyl sites for hydroxylation is 2. The van der Waals surface area contributed by atoms with Crippen molar-refractivity contribution in [2.24, 2.45) is 0 Å². The van der Waals surface area contributed by atoms with Crippen LogP contribution in [0.2, 0.25) is 0 Å². The van der Waals surface area contributed by atoms with Crippen LogP contribution in [-0.4, -0.2) is 31.6 Å². The van der Waals surface area contributed by atoms with E-state index in [9.17, 15) is 0 Å². The molecule has 0 aliphatic carbocycles. The zero-order valence-electron chi connectivity index (χ0n) is 12.2. The lowest BCUT2D eigenvalue weighted by Crippen LogP contribution is -2.07. The van der Waals surface area contributed by atoms with E-state index in [2.05, 4.69) is 57.3 Å². The molecule has 2 aromatic heterocycles. The Morgan fingerprint density at radius 2 is 1.95 bits per heavy atom. The average Bonchev–Trinajstić information content (AvgIpc) is 3.03. The van der Waals surface area contributed by atoms with E-state index in [-0.39, 0.29) is 0 Å². The molecule has 21 heavy (non-hydrogen) atoms. The first-order chi connectivity index (χ1) is 10.2. The molecule has 0 saturated carbocycles. The van der Waals surface area contributed by atoms with E-state index in [0.717, 1.165) is 11.1 Å². The predicted molar refractivity (Wildman–Crippen MR) is 81.4 cm³/mol. The van der Waals surface area contributed by atoms with E-state index in [4.69, 9.17) is 0 Å². The van der Waals surface area contributed by atoms with E-state index in [1.807, 2.05) is 6.20 Å². The zero-order valence-corrected chi connectivity index (χ0v) is 12.2. The fraction of sp³-hybridized carbons (Fsp3) is 0.200. The average molecular weight is 280 g/mol. The molecule has 0 spiro atoms. The number of aromatic nitrogens is 5. The second kappa shape index (κ2) is 5.32. The molecule has 2 heterocycles. The molecule has 6 nitrogen and oxygen atoms in total. The predicted octanol–water partition coefficient (Wildman–Crippen LogP) is 2.38. The molecule has 0 fully saturated rings. The van der Waals surface area contributed by atoms with Gasteiger partial charge in [-0.1, -0.05) is 17.7 Å². The topological polar surface area (TPSA) is 68.5 Å². The van der Waals surface area contributed by atoms with Crippen LogP contribution >= 0.6 is 0 Å². The summed E-state index contributed by atoms with van der Waals surface area (Å²) in [5.74, 6) is 1.73. The van der Waals surface area contributed by atoms with E-state index < -0.39 is 0 Å². The van der Waals surface area contributed by atoms with Crippen LogP contribution in [0.4, 0.5) is 5.95 Å². The first-order valence-corrected chi connectivity index (χ1v) is 6.67. The highest BCUT2D eigenvalue weighted by Gasteiger charge is 2.11. The summed E-state index contributed by atoms with van der Waals surface area (Å²) in [6.07, 6.45) is 5.17. The largest absolute Gasteiger partial charge is 0.357 e. The van der Waals surface area contributed by atoms with Gasteiger partial charge in [0.1, 0.15) is 6.33 Å². The number of benzene rings is 1. The Bertz CT molecular complexity index is 764. The van der Waals surface area contributed by atoms with E-state index >= 15 is 0 Å². The second-order valence-electron chi connectivity index (χ2n) is 4.82. The van der Waals surface area contributed by atoms with Crippen molar-refractivity contribution in [2.75, 3.05) is 12.4 Å². The van der Waals surface area contributed by atoms with Crippen molar-refractivity contribution < 1.29 is 0 Å². The number of imidazole rings is 1. The molecule has 0 unspecified atom stereocenters. The zero-order chi connectivity index (χ0) is 14.8. The van der Waals surface area contributed by atoms with E-state index in [1.54, 1.807) is 24.1 Å². The maximum absolute atomic E-state index is 4.56. The normalized spacial score (nSPS) is 10.6. The molecule has 0 aliphatic heterocycles. The van der Waals surface area contributed by atoms with Crippen molar-refractivity contribution in [1.29, 1.82) is 0 Å². The lowest BCUT2D eigenvalue weighted by molar-refractivity contribution is 0.901. The van der Waals surface area contributed by atoms with Crippen molar-refractivity contribution in [3.05, 3.63) is 48.0 Å². The van der Waals surface area contributed by atoms with Crippen LogP contribution in [0.15, 0.2) is 36.9 Å². The quantitative estimate of drug-likeness (QED) is 0.797. The van der Waals surface area contributed by atoms with Crippen LogP contribution in [0.5, 0.6) is 0 Å².